The van der Waals surface area contributed by atoms with Crippen molar-refractivity contribution >= 4 is 0 Å². The highest BCUT2D eigenvalue weighted by Crippen LogP contribution is 2.17. The largest absolute Gasteiger partial charge is 0.490 e. The zero-order valence-corrected chi connectivity index (χ0v) is 9.32. The molecule has 0 unspecified atom stereocenters. The first kappa shape index (κ1) is 12.1. The Labute approximate surface area is 96.5 Å². The number of hydrogen-bond donors (Lipinski definition) is 0. The Kier molecular flexibility index (Phi) is 4.93. The molecule has 2 heteroatoms. The maximum absolute atomic E-state index is 5.47. The molecular weight excluding hydrogens is 200 g/mol. The average Bonchev–Trinajstić information content (AvgIpc) is 2.34. The lowest BCUT2D eigenvalue weighted by Crippen LogP contribution is -1.98. The van der Waals surface area contributed by atoms with Crippen LogP contribution in [0, 0.1) is 0 Å². The van der Waals surface area contributed by atoms with Gasteiger partial charge in [0.1, 0.15) is 24.7 Å². The van der Waals surface area contributed by atoms with Crippen LogP contribution in [0.25, 0.3) is 0 Å². The van der Waals surface area contributed by atoms with Crippen LogP contribution in [0.2, 0.25) is 0 Å². The molecule has 84 valence electrons. The molecule has 0 bridgehead atoms. The van der Waals surface area contributed by atoms with Gasteiger partial charge in [-0.3, -0.25) is 0 Å². The predicted octanol–water partition coefficient (Wildman–Crippen LogP) is 3.37. The third kappa shape index (κ3) is 4.05. The maximum atomic E-state index is 5.47. The number of hydrogen-bond acceptors (Lipinski definition) is 2. The van der Waals surface area contributed by atoms with Gasteiger partial charge in [-0.15, -0.1) is 0 Å². The lowest BCUT2D eigenvalue weighted by Gasteiger charge is -2.07. The third-order valence-electron chi connectivity index (χ3n) is 1.90. The Morgan fingerprint density at radius 1 is 1.06 bits per heavy atom. The van der Waals surface area contributed by atoms with Gasteiger partial charge in [0.25, 0.3) is 0 Å². The van der Waals surface area contributed by atoms with Crippen molar-refractivity contribution in [1.29, 1.82) is 0 Å². The van der Waals surface area contributed by atoms with E-state index in [0.717, 1.165) is 17.1 Å². The SMILES string of the molecule is C=CCOc1ccc(OCC(=C)C=C)cc1. The second-order valence-electron chi connectivity index (χ2n) is 3.22. The normalized spacial score (nSPS) is 9.25. The molecule has 0 saturated carbocycles. The molecule has 0 aliphatic rings. The van der Waals surface area contributed by atoms with E-state index in [1.165, 1.54) is 0 Å². The summed E-state index contributed by atoms with van der Waals surface area (Å²) >= 11 is 0. The quantitative estimate of drug-likeness (QED) is 0.514. The number of ether oxygens (including phenoxy) is 2. The van der Waals surface area contributed by atoms with Crippen molar-refractivity contribution in [3.05, 3.63) is 61.7 Å². The van der Waals surface area contributed by atoms with Crippen molar-refractivity contribution in [2.45, 2.75) is 0 Å². The van der Waals surface area contributed by atoms with Crippen LogP contribution in [0.5, 0.6) is 11.5 Å². The maximum Gasteiger partial charge on any atom is 0.120 e. The molecule has 0 heterocycles. The summed E-state index contributed by atoms with van der Waals surface area (Å²) < 4.78 is 10.8. The van der Waals surface area contributed by atoms with E-state index >= 15 is 0 Å². The van der Waals surface area contributed by atoms with Crippen molar-refractivity contribution < 1.29 is 9.47 Å². The van der Waals surface area contributed by atoms with Crippen molar-refractivity contribution in [3.8, 4) is 11.5 Å². The molecule has 2 nitrogen and oxygen atoms in total. The molecule has 1 aromatic carbocycles. The van der Waals surface area contributed by atoms with Crippen molar-refractivity contribution in [3.63, 3.8) is 0 Å². The molecule has 0 radical (unpaired) electrons. The molecule has 0 atom stereocenters. The first-order valence-electron chi connectivity index (χ1n) is 5.03. The molecule has 1 aromatic rings. The molecule has 0 saturated heterocycles. The predicted molar refractivity (Wildman–Crippen MR) is 67.0 cm³/mol. The van der Waals surface area contributed by atoms with Crippen LogP contribution < -0.4 is 9.47 Å². The van der Waals surface area contributed by atoms with Crippen molar-refractivity contribution in [1.82, 2.24) is 0 Å². The van der Waals surface area contributed by atoms with Gasteiger partial charge in [-0.05, 0) is 29.8 Å². The fraction of sp³-hybridized carbons (Fsp3) is 0.143. The van der Waals surface area contributed by atoms with Crippen LogP contribution in [0.15, 0.2) is 61.7 Å². The minimum atomic E-state index is 0.455. The van der Waals surface area contributed by atoms with E-state index in [9.17, 15) is 0 Å². The molecule has 1 rings (SSSR count). The lowest BCUT2D eigenvalue weighted by atomic mass is 10.3. The van der Waals surface area contributed by atoms with Crippen LogP contribution in [0.4, 0.5) is 0 Å². The van der Waals surface area contributed by atoms with Gasteiger partial charge in [-0.25, -0.2) is 0 Å². The highest BCUT2D eigenvalue weighted by molar-refractivity contribution is 5.31. The van der Waals surface area contributed by atoms with Crippen molar-refractivity contribution in [2.24, 2.45) is 0 Å². The zero-order chi connectivity index (χ0) is 11.8. The minimum Gasteiger partial charge on any atom is -0.490 e. The Hall–Kier alpha value is -1.96. The van der Waals surface area contributed by atoms with E-state index in [2.05, 4.69) is 19.7 Å². The highest BCUT2D eigenvalue weighted by Gasteiger charge is 1.96. The van der Waals surface area contributed by atoms with E-state index in [0.29, 0.717) is 13.2 Å². The van der Waals surface area contributed by atoms with Crippen LogP contribution >= 0.6 is 0 Å². The monoisotopic (exact) mass is 216 g/mol. The average molecular weight is 216 g/mol. The Morgan fingerprint density at radius 3 is 2.12 bits per heavy atom. The molecule has 0 amide bonds. The molecule has 0 aliphatic heterocycles. The van der Waals surface area contributed by atoms with Crippen LogP contribution in [-0.2, 0) is 0 Å². The summed E-state index contributed by atoms with van der Waals surface area (Å²) in [6.45, 7) is 11.9. The summed E-state index contributed by atoms with van der Waals surface area (Å²) in [5, 5.41) is 0. The molecule has 16 heavy (non-hydrogen) atoms. The lowest BCUT2D eigenvalue weighted by molar-refractivity contribution is 0.349. The van der Waals surface area contributed by atoms with Gasteiger partial charge in [0, 0.05) is 0 Å². The van der Waals surface area contributed by atoms with Gasteiger partial charge in [0.2, 0.25) is 0 Å². The van der Waals surface area contributed by atoms with E-state index in [4.69, 9.17) is 9.47 Å². The Bertz CT molecular complexity index is 363. The van der Waals surface area contributed by atoms with E-state index in [1.807, 2.05) is 24.3 Å². The van der Waals surface area contributed by atoms with Crippen molar-refractivity contribution in [2.75, 3.05) is 13.2 Å². The Morgan fingerprint density at radius 2 is 1.62 bits per heavy atom. The number of benzene rings is 1. The second kappa shape index (κ2) is 6.51. The molecule has 0 fully saturated rings. The summed E-state index contributed by atoms with van der Waals surface area (Å²) in [7, 11) is 0. The smallest absolute Gasteiger partial charge is 0.120 e. The summed E-state index contributed by atoms with van der Waals surface area (Å²) in [4.78, 5) is 0. The molecular formula is C14H16O2. The molecule has 0 aliphatic carbocycles. The minimum absolute atomic E-state index is 0.455. The highest BCUT2D eigenvalue weighted by atomic mass is 16.5. The third-order valence-corrected chi connectivity index (χ3v) is 1.90. The van der Waals surface area contributed by atoms with Crippen LogP contribution in [0.1, 0.15) is 0 Å². The van der Waals surface area contributed by atoms with Gasteiger partial charge in [-0.1, -0.05) is 31.9 Å². The van der Waals surface area contributed by atoms with E-state index in [-0.39, 0.29) is 0 Å². The van der Waals surface area contributed by atoms with Gasteiger partial charge >= 0.3 is 0 Å². The summed E-state index contributed by atoms with van der Waals surface area (Å²) in [5.41, 5.74) is 0.854. The topological polar surface area (TPSA) is 18.5 Å². The van der Waals surface area contributed by atoms with Gasteiger partial charge in [0.15, 0.2) is 0 Å². The van der Waals surface area contributed by atoms with E-state index < -0.39 is 0 Å². The summed E-state index contributed by atoms with van der Waals surface area (Å²) in [6, 6.07) is 7.43. The zero-order valence-electron chi connectivity index (χ0n) is 9.32. The standard InChI is InChI=1S/C14H16O2/c1-4-10-15-13-6-8-14(9-7-13)16-11-12(3)5-2/h4-9H,1-3,10-11H2. The molecule has 0 spiro atoms. The van der Waals surface area contributed by atoms with Crippen LogP contribution in [-0.4, -0.2) is 13.2 Å². The fourth-order valence-corrected chi connectivity index (χ4v) is 1.02. The van der Waals surface area contributed by atoms with Gasteiger partial charge in [0.05, 0.1) is 0 Å². The molecule has 0 N–H and O–H groups in total. The number of rotatable bonds is 7. The first-order valence-corrected chi connectivity index (χ1v) is 5.03. The Balaban J connectivity index is 2.47. The fourth-order valence-electron chi connectivity index (χ4n) is 1.02. The van der Waals surface area contributed by atoms with Gasteiger partial charge < -0.3 is 9.47 Å². The molecule has 0 aromatic heterocycles. The first-order chi connectivity index (χ1) is 7.76. The summed E-state index contributed by atoms with van der Waals surface area (Å²) in [6.07, 6.45) is 3.39. The second-order valence-corrected chi connectivity index (χ2v) is 3.22. The van der Waals surface area contributed by atoms with E-state index in [1.54, 1.807) is 12.2 Å². The summed E-state index contributed by atoms with van der Waals surface area (Å²) in [5.74, 6) is 1.59. The van der Waals surface area contributed by atoms with Crippen LogP contribution in [0.3, 0.4) is 0 Å². The van der Waals surface area contributed by atoms with Gasteiger partial charge in [-0.2, -0.15) is 0 Å².